The lowest BCUT2D eigenvalue weighted by atomic mass is 10.2. The van der Waals surface area contributed by atoms with E-state index in [1.807, 2.05) is 6.92 Å². The van der Waals surface area contributed by atoms with Gasteiger partial charge in [0.1, 0.15) is 5.82 Å². The van der Waals surface area contributed by atoms with Crippen LogP contribution in [0, 0.1) is 13.8 Å². The van der Waals surface area contributed by atoms with Gasteiger partial charge >= 0.3 is 0 Å². The highest BCUT2D eigenvalue weighted by Gasteiger charge is 2.06. The molecule has 0 aliphatic carbocycles. The molecular weight excluding hydrogens is 220 g/mol. The molecule has 1 heterocycles. The Labute approximate surface area is 98.8 Å². The summed E-state index contributed by atoms with van der Waals surface area (Å²) in [6.45, 7) is 3.92. The van der Waals surface area contributed by atoms with Crippen LogP contribution in [0.15, 0.2) is 29.4 Å². The molecule has 4 nitrogen and oxygen atoms in total. The number of nitrogens with zero attached hydrogens (tertiary/aromatic N) is 3. The second-order valence-electron chi connectivity index (χ2n) is 3.67. The van der Waals surface area contributed by atoms with E-state index in [1.54, 1.807) is 11.8 Å². The molecule has 2 N–H and O–H groups in total. The van der Waals surface area contributed by atoms with Crippen molar-refractivity contribution in [2.45, 2.75) is 24.8 Å². The lowest BCUT2D eigenvalue weighted by Gasteiger charge is -2.02. The fraction of sp³-hybridized carbons (Fsp3) is 0.273. The summed E-state index contributed by atoms with van der Waals surface area (Å²) in [6.07, 6.45) is 0. The van der Waals surface area contributed by atoms with Gasteiger partial charge in [-0.15, -0.1) is 10.2 Å². The lowest BCUT2D eigenvalue weighted by molar-refractivity contribution is 0.825. The minimum absolute atomic E-state index is 0.728. The van der Waals surface area contributed by atoms with Crippen molar-refractivity contribution in [1.82, 2.24) is 14.9 Å². The molecule has 0 saturated carbocycles. The standard InChI is InChI=1S/C11H14N4S/c1-8-3-5-10(6-4-8)7-16-11-14-13-9(2)15(11)12/h3-6H,7,12H2,1-2H3. The maximum atomic E-state index is 5.76. The van der Waals surface area contributed by atoms with Crippen molar-refractivity contribution < 1.29 is 0 Å². The van der Waals surface area contributed by atoms with E-state index >= 15 is 0 Å². The molecule has 16 heavy (non-hydrogen) atoms. The Morgan fingerprint density at radius 3 is 2.44 bits per heavy atom. The lowest BCUT2D eigenvalue weighted by Crippen LogP contribution is -2.11. The molecule has 0 fully saturated rings. The van der Waals surface area contributed by atoms with Gasteiger partial charge < -0.3 is 5.84 Å². The van der Waals surface area contributed by atoms with E-state index in [9.17, 15) is 0 Å². The predicted octanol–water partition coefficient (Wildman–Crippen LogP) is 1.90. The van der Waals surface area contributed by atoms with E-state index in [0.29, 0.717) is 0 Å². The zero-order valence-corrected chi connectivity index (χ0v) is 10.2. The summed E-state index contributed by atoms with van der Waals surface area (Å²) in [5.41, 5.74) is 2.53. The zero-order valence-electron chi connectivity index (χ0n) is 9.34. The second kappa shape index (κ2) is 4.57. The number of thioether (sulfide) groups is 1. The Hall–Kier alpha value is -1.49. The van der Waals surface area contributed by atoms with Gasteiger partial charge in [0, 0.05) is 5.75 Å². The number of nitrogen functional groups attached to an aromatic ring is 1. The zero-order chi connectivity index (χ0) is 11.5. The van der Waals surface area contributed by atoms with Crippen LogP contribution >= 0.6 is 11.8 Å². The first-order valence-electron chi connectivity index (χ1n) is 5.02. The van der Waals surface area contributed by atoms with Crippen molar-refractivity contribution in [2.24, 2.45) is 0 Å². The molecule has 0 radical (unpaired) electrons. The number of aromatic nitrogens is 3. The molecule has 0 atom stereocenters. The highest BCUT2D eigenvalue weighted by atomic mass is 32.2. The van der Waals surface area contributed by atoms with Crippen LogP contribution in [-0.4, -0.2) is 14.9 Å². The van der Waals surface area contributed by atoms with Gasteiger partial charge in [-0.05, 0) is 19.4 Å². The summed E-state index contributed by atoms with van der Waals surface area (Å²) in [7, 11) is 0. The average molecular weight is 234 g/mol. The van der Waals surface area contributed by atoms with Crippen molar-refractivity contribution in [3.05, 3.63) is 41.2 Å². The van der Waals surface area contributed by atoms with Crippen LogP contribution in [0.2, 0.25) is 0 Å². The molecule has 0 amide bonds. The molecule has 5 heteroatoms. The highest BCUT2D eigenvalue weighted by molar-refractivity contribution is 7.98. The third-order valence-electron chi connectivity index (χ3n) is 2.32. The molecule has 0 aliphatic heterocycles. The summed E-state index contributed by atoms with van der Waals surface area (Å²) < 4.78 is 1.51. The van der Waals surface area contributed by atoms with Crippen LogP contribution in [0.5, 0.6) is 0 Å². The van der Waals surface area contributed by atoms with Crippen LogP contribution in [0.4, 0.5) is 0 Å². The maximum absolute atomic E-state index is 5.76. The first kappa shape index (κ1) is 11.0. The fourth-order valence-corrected chi connectivity index (χ4v) is 2.14. The Morgan fingerprint density at radius 1 is 1.19 bits per heavy atom. The van der Waals surface area contributed by atoms with Crippen molar-refractivity contribution in [3.8, 4) is 0 Å². The van der Waals surface area contributed by atoms with E-state index < -0.39 is 0 Å². The van der Waals surface area contributed by atoms with Crippen LogP contribution in [0.25, 0.3) is 0 Å². The summed E-state index contributed by atoms with van der Waals surface area (Å²) in [4.78, 5) is 0. The Morgan fingerprint density at radius 2 is 1.88 bits per heavy atom. The normalized spacial score (nSPS) is 10.6. The number of nitrogens with two attached hydrogens (primary N) is 1. The van der Waals surface area contributed by atoms with Gasteiger partial charge in [-0.1, -0.05) is 41.6 Å². The molecular formula is C11H14N4S. The summed E-state index contributed by atoms with van der Waals surface area (Å²) >= 11 is 1.59. The molecule has 1 aromatic carbocycles. The minimum atomic E-state index is 0.728. The molecule has 2 rings (SSSR count). The van der Waals surface area contributed by atoms with Gasteiger partial charge in [0.05, 0.1) is 0 Å². The summed E-state index contributed by atoms with van der Waals surface area (Å²) in [6, 6.07) is 8.45. The molecule has 84 valence electrons. The molecule has 0 spiro atoms. The number of rotatable bonds is 3. The monoisotopic (exact) mass is 234 g/mol. The Balaban J connectivity index is 2.02. The Bertz CT molecular complexity index is 475. The Kier molecular flexibility index (Phi) is 3.14. The highest BCUT2D eigenvalue weighted by Crippen LogP contribution is 2.20. The van der Waals surface area contributed by atoms with E-state index in [0.717, 1.165) is 16.7 Å². The number of hydrogen-bond donors (Lipinski definition) is 1. The molecule has 1 aromatic heterocycles. The van der Waals surface area contributed by atoms with E-state index in [2.05, 4.69) is 41.4 Å². The first-order valence-corrected chi connectivity index (χ1v) is 6.01. The molecule has 0 aliphatic rings. The maximum Gasteiger partial charge on any atom is 0.210 e. The fourth-order valence-electron chi connectivity index (χ4n) is 1.28. The van der Waals surface area contributed by atoms with Gasteiger partial charge in [0.25, 0.3) is 0 Å². The average Bonchev–Trinajstić information content (AvgIpc) is 2.60. The van der Waals surface area contributed by atoms with Gasteiger partial charge in [-0.25, -0.2) is 4.68 Å². The van der Waals surface area contributed by atoms with Crippen molar-refractivity contribution in [1.29, 1.82) is 0 Å². The number of benzene rings is 1. The predicted molar refractivity (Wildman–Crippen MR) is 65.6 cm³/mol. The second-order valence-corrected chi connectivity index (χ2v) is 4.62. The van der Waals surface area contributed by atoms with Gasteiger partial charge in [0.15, 0.2) is 0 Å². The van der Waals surface area contributed by atoms with Gasteiger partial charge in [0.2, 0.25) is 5.16 Å². The van der Waals surface area contributed by atoms with Gasteiger partial charge in [-0.3, -0.25) is 0 Å². The first-order chi connectivity index (χ1) is 7.66. The smallest absolute Gasteiger partial charge is 0.210 e. The van der Waals surface area contributed by atoms with Gasteiger partial charge in [-0.2, -0.15) is 0 Å². The van der Waals surface area contributed by atoms with Crippen molar-refractivity contribution in [2.75, 3.05) is 5.84 Å². The number of aryl methyl sites for hydroxylation is 2. The third kappa shape index (κ3) is 2.36. The van der Waals surface area contributed by atoms with E-state index in [1.165, 1.54) is 15.8 Å². The molecule has 0 unspecified atom stereocenters. The summed E-state index contributed by atoms with van der Waals surface area (Å²) in [5, 5.41) is 8.66. The number of hydrogen-bond acceptors (Lipinski definition) is 4. The summed E-state index contributed by atoms with van der Waals surface area (Å²) in [5.74, 6) is 7.35. The van der Waals surface area contributed by atoms with Crippen LogP contribution in [0.1, 0.15) is 17.0 Å². The van der Waals surface area contributed by atoms with Crippen LogP contribution < -0.4 is 5.84 Å². The molecule has 2 aromatic rings. The largest absolute Gasteiger partial charge is 0.336 e. The van der Waals surface area contributed by atoms with E-state index in [-0.39, 0.29) is 0 Å². The van der Waals surface area contributed by atoms with Crippen LogP contribution in [-0.2, 0) is 5.75 Å². The van der Waals surface area contributed by atoms with Crippen LogP contribution in [0.3, 0.4) is 0 Å². The van der Waals surface area contributed by atoms with E-state index in [4.69, 9.17) is 5.84 Å². The van der Waals surface area contributed by atoms with Crippen molar-refractivity contribution >= 4 is 11.8 Å². The minimum Gasteiger partial charge on any atom is -0.336 e. The SMILES string of the molecule is Cc1ccc(CSc2nnc(C)n2N)cc1. The molecule has 0 saturated heterocycles. The molecule has 0 bridgehead atoms. The van der Waals surface area contributed by atoms with Crippen molar-refractivity contribution in [3.63, 3.8) is 0 Å². The third-order valence-corrected chi connectivity index (χ3v) is 3.34. The topological polar surface area (TPSA) is 56.7 Å². The quantitative estimate of drug-likeness (QED) is 0.651.